The molecule has 1 amide bonds. The Morgan fingerprint density at radius 3 is 1.72 bits per heavy atom. The van der Waals surface area contributed by atoms with E-state index in [4.69, 9.17) is 18.4 Å². The highest BCUT2D eigenvalue weighted by atomic mass is 32.2. The van der Waals surface area contributed by atoms with E-state index in [1.54, 1.807) is 0 Å². The zero-order valence-electron chi connectivity index (χ0n) is 38.4. The molecule has 362 valence electrons. The second-order valence-electron chi connectivity index (χ2n) is 17.2. The number of esters is 2. The van der Waals surface area contributed by atoms with Crippen molar-refractivity contribution in [1.82, 2.24) is 5.32 Å². The molecule has 0 aromatic heterocycles. The molecule has 13 nitrogen and oxygen atoms in total. The van der Waals surface area contributed by atoms with Gasteiger partial charge < -0.3 is 35.0 Å². The van der Waals surface area contributed by atoms with Gasteiger partial charge in [-0.2, -0.15) is 0 Å². The molecule has 0 saturated carbocycles. The summed E-state index contributed by atoms with van der Waals surface area (Å²) in [5.41, 5.74) is 2.68. The molecule has 0 spiro atoms. The minimum absolute atomic E-state index is 0.0764. The third kappa shape index (κ3) is 25.0. The van der Waals surface area contributed by atoms with Crippen molar-refractivity contribution in [2.24, 2.45) is 0 Å². The number of carbonyl (C=O) groups excluding carboxylic acids is 3. The monoisotopic (exact) mass is 917 g/mol. The maximum absolute atomic E-state index is 13.7. The van der Waals surface area contributed by atoms with Gasteiger partial charge in [0.05, 0.1) is 13.0 Å². The van der Waals surface area contributed by atoms with E-state index in [-0.39, 0.29) is 37.6 Å². The molecule has 1 aliphatic heterocycles. The molecule has 2 aromatic carbocycles. The smallest absolute Gasteiger partial charge is 0.306 e. The predicted molar refractivity (Wildman–Crippen MR) is 246 cm³/mol. The van der Waals surface area contributed by atoms with Crippen LogP contribution >= 0.6 is 12.3 Å². The molecule has 2 unspecified atom stereocenters. The van der Waals surface area contributed by atoms with Crippen LogP contribution in [-0.2, 0) is 55.0 Å². The van der Waals surface area contributed by atoms with Crippen molar-refractivity contribution in [2.45, 2.75) is 217 Å². The Morgan fingerprint density at radius 2 is 1.19 bits per heavy atom. The maximum atomic E-state index is 13.7. The lowest BCUT2D eigenvalue weighted by molar-refractivity contribution is -0.777. The summed E-state index contributed by atoms with van der Waals surface area (Å²) in [6.07, 6.45) is 18.2. The third-order valence-corrected chi connectivity index (χ3v) is 12.3. The topological polar surface area (TPSA) is 182 Å². The van der Waals surface area contributed by atoms with Gasteiger partial charge >= 0.3 is 11.9 Å². The van der Waals surface area contributed by atoms with Gasteiger partial charge in [0, 0.05) is 12.8 Å². The van der Waals surface area contributed by atoms with Crippen molar-refractivity contribution in [3.8, 4) is 0 Å². The molecular formula is C50H78NO12S-. The van der Waals surface area contributed by atoms with Gasteiger partial charge in [0.2, 0.25) is 5.91 Å². The van der Waals surface area contributed by atoms with Crippen molar-refractivity contribution >= 4 is 30.2 Å². The number of carbonyl (C=O) groups is 3. The first-order valence-electron chi connectivity index (χ1n) is 24.3. The Kier molecular flexibility index (Phi) is 31.2. The number of amides is 1. The van der Waals surface area contributed by atoms with Crippen LogP contribution in [0.15, 0.2) is 60.7 Å². The highest BCUT2D eigenvalue weighted by Crippen LogP contribution is 2.29. The molecule has 3 rings (SSSR count). The standard InChI is InChI=1S/C50H79NO12S/c1-2-3-4-5-6-7-8-15-26-35-42(58-45(54)36-27-16-11-9-13-20-29-40-31-22-18-23-32-40)38-44(53)51-47-49(48(61-64-63-62-57)43(39-52)59-50(47)56)60-46(55)37-28-17-12-10-14-21-30-41-33-24-19-25-34-41/h18-19,22-25,31-34,42-43,47-50,52,56-57H,2-17,20-21,26-30,35-39H2,1H3,(H,51,53)/p-1/t42?,43-,47-,48-,49-,50?/m1/s1. The molecule has 0 radical (unpaired) electrons. The number of hydrogen-bond donors (Lipinski definition) is 3. The molecule has 6 atom stereocenters. The Hall–Kier alpha value is -3.08. The van der Waals surface area contributed by atoms with E-state index in [2.05, 4.69) is 58.0 Å². The molecule has 1 saturated heterocycles. The quantitative estimate of drug-likeness (QED) is 0.0191. The first-order valence-corrected chi connectivity index (χ1v) is 25.0. The number of benzene rings is 2. The third-order valence-electron chi connectivity index (χ3n) is 11.9. The van der Waals surface area contributed by atoms with Crippen molar-refractivity contribution in [3.05, 3.63) is 71.8 Å². The molecule has 0 bridgehead atoms. The Morgan fingerprint density at radius 1 is 0.688 bits per heavy atom. The number of rotatable bonds is 38. The fourth-order valence-corrected chi connectivity index (χ4v) is 8.62. The normalized spacial score (nSPS) is 19.0. The zero-order valence-corrected chi connectivity index (χ0v) is 39.2. The zero-order chi connectivity index (χ0) is 45.9. The molecule has 2 aromatic rings. The van der Waals surface area contributed by atoms with Crippen LogP contribution in [0.4, 0.5) is 0 Å². The molecule has 14 heteroatoms. The van der Waals surface area contributed by atoms with Gasteiger partial charge in [-0.25, -0.2) is 0 Å². The van der Waals surface area contributed by atoms with Crippen molar-refractivity contribution in [3.63, 3.8) is 0 Å². The Bertz CT molecular complexity index is 1470. The van der Waals surface area contributed by atoms with E-state index in [0.717, 1.165) is 103 Å². The minimum Gasteiger partial charge on any atom is -0.691 e. The molecular weight excluding hydrogens is 839 g/mol. The average molecular weight is 917 g/mol. The van der Waals surface area contributed by atoms with Crippen LogP contribution in [-0.4, -0.2) is 71.4 Å². The molecule has 3 N–H and O–H groups in total. The highest BCUT2D eigenvalue weighted by Gasteiger charge is 2.49. The van der Waals surface area contributed by atoms with E-state index < -0.39 is 55.2 Å². The number of unbranched alkanes of at least 4 members (excludes halogenated alkanes) is 18. The summed E-state index contributed by atoms with van der Waals surface area (Å²) in [6.45, 7) is 1.56. The SMILES string of the molecule is CCCCCCCCCCCC(CC(=O)N[C@H]1C(O)O[C@H](CO)[C@@H](OSOO[O-])[C@@H]1OC(=O)CCCCCCCCc1ccccc1)OC(=O)CCCCCCCCc1ccccc1. The van der Waals surface area contributed by atoms with E-state index in [1.165, 1.54) is 43.2 Å². The number of aliphatic hydroxyl groups is 2. The van der Waals surface area contributed by atoms with E-state index in [9.17, 15) is 29.9 Å². The Balaban J connectivity index is 1.54. The summed E-state index contributed by atoms with van der Waals surface area (Å²) in [6, 6.07) is 19.5. The van der Waals surface area contributed by atoms with Gasteiger partial charge in [-0.05, 0) is 62.5 Å². The van der Waals surface area contributed by atoms with Gasteiger partial charge in [0.1, 0.15) is 24.4 Å². The van der Waals surface area contributed by atoms with Crippen LogP contribution in [0.3, 0.4) is 0 Å². The second kappa shape index (κ2) is 36.1. The van der Waals surface area contributed by atoms with E-state index in [0.29, 0.717) is 19.3 Å². The summed E-state index contributed by atoms with van der Waals surface area (Å²) in [4.78, 5) is 40.1. The van der Waals surface area contributed by atoms with Crippen molar-refractivity contribution in [1.29, 1.82) is 0 Å². The van der Waals surface area contributed by atoms with E-state index in [1.807, 2.05) is 24.3 Å². The lowest BCUT2D eigenvalue weighted by atomic mass is 9.96. The number of ether oxygens (including phenoxy) is 3. The summed E-state index contributed by atoms with van der Waals surface area (Å²) < 4.78 is 27.2. The summed E-state index contributed by atoms with van der Waals surface area (Å²) in [5, 5.41) is 37.9. The Labute approximate surface area is 387 Å². The second-order valence-corrected chi connectivity index (χ2v) is 17.7. The van der Waals surface area contributed by atoms with Gasteiger partial charge in [-0.15, -0.1) is 4.33 Å². The van der Waals surface area contributed by atoms with Crippen LogP contribution in [0.2, 0.25) is 0 Å². The lowest BCUT2D eigenvalue weighted by Crippen LogP contribution is -2.65. The van der Waals surface area contributed by atoms with Crippen LogP contribution in [0.1, 0.15) is 179 Å². The molecule has 1 heterocycles. The number of nitrogens with one attached hydrogen (secondary N) is 1. The minimum atomic E-state index is -1.70. The summed E-state index contributed by atoms with van der Waals surface area (Å²) in [5.74, 6) is -1.50. The fourth-order valence-electron chi connectivity index (χ4n) is 8.24. The fraction of sp³-hybridized carbons (Fsp3) is 0.700. The average Bonchev–Trinajstić information content (AvgIpc) is 3.30. The highest BCUT2D eigenvalue weighted by molar-refractivity contribution is 7.89. The van der Waals surface area contributed by atoms with Gasteiger partial charge in [-0.1, -0.05) is 170 Å². The van der Waals surface area contributed by atoms with Crippen LogP contribution < -0.4 is 10.6 Å². The van der Waals surface area contributed by atoms with Crippen molar-refractivity contribution < 1.29 is 57.6 Å². The summed E-state index contributed by atoms with van der Waals surface area (Å²) >= 11 is 0.141. The predicted octanol–water partition coefficient (Wildman–Crippen LogP) is 9.43. The number of aryl methyl sites for hydroxylation is 2. The molecule has 64 heavy (non-hydrogen) atoms. The summed E-state index contributed by atoms with van der Waals surface area (Å²) in [7, 11) is 0. The van der Waals surface area contributed by atoms with E-state index >= 15 is 0 Å². The maximum Gasteiger partial charge on any atom is 0.306 e. The van der Waals surface area contributed by atoms with Crippen LogP contribution in [0.25, 0.3) is 0 Å². The first kappa shape index (κ1) is 55.2. The van der Waals surface area contributed by atoms with Gasteiger partial charge in [0.15, 0.2) is 24.7 Å². The molecule has 1 fully saturated rings. The first-order chi connectivity index (χ1) is 31.3. The van der Waals surface area contributed by atoms with Crippen molar-refractivity contribution in [2.75, 3.05) is 6.61 Å². The number of hydrogen-bond acceptors (Lipinski definition) is 13. The van der Waals surface area contributed by atoms with Crippen LogP contribution in [0, 0.1) is 0 Å². The van der Waals surface area contributed by atoms with Crippen LogP contribution in [0.5, 0.6) is 0 Å². The lowest BCUT2D eigenvalue weighted by Gasteiger charge is -2.43. The molecule has 1 aliphatic rings. The van der Waals surface area contributed by atoms with Gasteiger partial charge in [0.25, 0.3) is 0 Å². The largest absolute Gasteiger partial charge is 0.691 e. The van der Waals surface area contributed by atoms with Gasteiger partial charge in [-0.3, -0.25) is 23.6 Å². The molecule has 0 aliphatic carbocycles. The number of aliphatic hydroxyl groups excluding tert-OH is 2.